The van der Waals surface area contributed by atoms with E-state index in [1.807, 2.05) is 43.8 Å². The predicted octanol–water partition coefficient (Wildman–Crippen LogP) is 3.03. The highest BCUT2D eigenvalue weighted by atomic mass is 16.5. The summed E-state index contributed by atoms with van der Waals surface area (Å²) in [5.41, 5.74) is 3.18. The molecule has 1 aliphatic carbocycles. The van der Waals surface area contributed by atoms with Crippen LogP contribution in [0.4, 0.5) is 5.82 Å². The Kier molecular flexibility index (Phi) is 5.33. The van der Waals surface area contributed by atoms with Crippen molar-refractivity contribution in [1.82, 2.24) is 24.7 Å². The zero-order valence-corrected chi connectivity index (χ0v) is 17.2. The molecule has 8 heteroatoms. The van der Waals surface area contributed by atoms with Crippen LogP contribution in [-0.4, -0.2) is 38.4 Å². The Morgan fingerprint density at radius 1 is 1.21 bits per heavy atom. The number of methoxy groups -OCH3 is 1. The maximum Gasteiger partial charge on any atom is 0.218 e. The Morgan fingerprint density at radius 3 is 2.76 bits per heavy atom. The lowest BCUT2D eigenvalue weighted by Gasteiger charge is -2.10. The molecule has 152 valence electrons. The second kappa shape index (κ2) is 8.06. The first-order valence-electron chi connectivity index (χ1n) is 9.73. The summed E-state index contributed by atoms with van der Waals surface area (Å²) in [6.07, 6.45) is 2.84. The van der Waals surface area contributed by atoms with Crippen molar-refractivity contribution in [3.8, 4) is 11.6 Å². The molecule has 0 spiro atoms. The third kappa shape index (κ3) is 4.64. The van der Waals surface area contributed by atoms with Gasteiger partial charge in [0.05, 0.1) is 37.8 Å². The van der Waals surface area contributed by atoms with E-state index in [0.29, 0.717) is 36.7 Å². The summed E-state index contributed by atoms with van der Waals surface area (Å²) in [5, 5.41) is 7.69. The van der Waals surface area contributed by atoms with Gasteiger partial charge in [-0.2, -0.15) is 10.1 Å². The molecule has 3 heterocycles. The number of nitrogens with one attached hydrogen (secondary N) is 1. The number of pyridine rings is 1. The van der Waals surface area contributed by atoms with Gasteiger partial charge in [0.2, 0.25) is 5.88 Å². The molecule has 3 aromatic rings. The molecule has 0 radical (unpaired) electrons. The maximum atomic E-state index is 5.97. The van der Waals surface area contributed by atoms with E-state index < -0.39 is 0 Å². The molecular weight excluding hydrogens is 368 g/mol. The molecule has 0 bridgehead atoms. The van der Waals surface area contributed by atoms with Crippen LogP contribution in [0.2, 0.25) is 0 Å². The number of nitrogens with zero attached hydrogens (tertiary/aromatic N) is 5. The lowest BCUT2D eigenvalue weighted by atomic mass is 10.2. The Bertz CT molecular complexity index is 985. The number of hydrogen-bond donors (Lipinski definition) is 1. The largest absolute Gasteiger partial charge is 0.495 e. The van der Waals surface area contributed by atoms with Crippen molar-refractivity contribution < 1.29 is 9.47 Å². The Labute approximate surface area is 170 Å². The molecule has 8 nitrogen and oxygen atoms in total. The first-order valence-corrected chi connectivity index (χ1v) is 9.73. The highest BCUT2D eigenvalue weighted by Gasteiger charge is 2.40. The van der Waals surface area contributed by atoms with Gasteiger partial charge < -0.3 is 14.8 Å². The summed E-state index contributed by atoms with van der Waals surface area (Å²) in [6, 6.07) is 7.88. The fourth-order valence-electron chi connectivity index (χ4n) is 3.43. The third-order valence-electron chi connectivity index (χ3n) is 5.11. The SMILES string of the molecule is COc1ccc(C2CC2COc2cc(NCc3cc(C)nn3C)nc(C)n2)nc1. The molecule has 2 unspecified atom stereocenters. The molecule has 0 aromatic carbocycles. The normalized spacial score (nSPS) is 17.8. The number of aromatic nitrogens is 5. The highest BCUT2D eigenvalue weighted by Crippen LogP contribution is 2.46. The van der Waals surface area contributed by atoms with E-state index in [-0.39, 0.29) is 0 Å². The van der Waals surface area contributed by atoms with Crippen LogP contribution in [0.3, 0.4) is 0 Å². The smallest absolute Gasteiger partial charge is 0.218 e. The van der Waals surface area contributed by atoms with E-state index >= 15 is 0 Å². The number of hydrogen-bond acceptors (Lipinski definition) is 7. The van der Waals surface area contributed by atoms with Crippen LogP contribution < -0.4 is 14.8 Å². The summed E-state index contributed by atoms with van der Waals surface area (Å²) >= 11 is 0. The summed E-state index contributed by atoms with van der Waals surface area (Å²) in [4.78, 5) is 13.3. The van der Waals surface area contributed by atoms with Gasteiger partial charge in [-0.15, -0.1) is 0 Å². The zero-order chi connectivity index (χ0) is 20.4. The van der Waals surface area contributed by atoms with E-state index in [4.69, 9.17) is 9.47 Å². The van der Waals surface area contributed by atoms with E-state index in [9.17, 15) is 0 Å². The van der Waals surface area contributed by atoms with Crippen LogP contribution in [0.1, 0.15) is 35.2 Å². The van der Waals surface area contributed by atoms with Gasteiger partial charge in [-0.3, -0.25) is 9.67 Å². The molecule has 0 amide bonds. The Balaban J connectivity index is 1.33. The van der Waals surface area contributed by atoms with Gasteiger partial charge in [0, 0.05) is 30.6 Å². The molecule has 1 aliphatic rings. The van der Waals surface area contributed by atoms with Crippen LogP contribution in [0.5, 0.6) is 11.6 Å². The monoisotopic (exact) mass is 394 g/mol. The van der Waals surface area contributed by atoms with Crippen LogP contribution in [0.15, 0.2) is 30.5 Å². The minimum atomic E-state index is 0.439. The molecule has 1 saturated carbocycles. The van der Waals surface area contributed by atoms with E-state index in [1.165, 1.54) is 0 Å². The van der Waals surface area contributed by atoms with E-state index in [1.54, 1.807) is 13.3 Å². The first kappa shape index (κ1) is 19.2. The molecule has 29 heavy (non-hydrogen) atoms. The number of aryl methyl sites for hydroxylation is 3. The minimum absolute atomic E-state index is 0.439. The molecular formula is C21H26N6O2. The van der Waals surface area contributed by atoms with Gasteiger partial charge in [0.1, 0.15) is 17.4 Å². The zero-order valence-electron chi connectivity index (χ0n) is 17.2. The van der Waals surface area contributed by atoms with Crippen molar-refractivity contribution in [1.29, 1.82) is 0 Å². The Morgan fingerprint density at radius 2 is 2.07 bits per heavy atom. The number of anilines is 1. The van der Waals surface area contributed by atoms with E-state index in [0.717, 1.165) is 35.1 Å². The lowest BCUT2D eigenvalue weighted by Crippen LogP contribution is -2.09. The highest BCUT2D eigenvalue weighted by molar-refractivity contribution is 5.39. The molecule has 1 fully saturated rings. The first-order chi connectivity index (χ1) is 14.0. The van der Waals surface area contributed by atoms with Gasteiger partial charge in [0.25, 0.3) is 0 Å². The molecule has 2 atom stereocenters. The van der Waals surface area contributed by atoms with Crippen molar-refractivity contribution in [2.75, 3.05) is 19.0 Å². The van der Waals surface area contributed by atoms with Crippen LogP contribution >= 0.6 is 0 Å². The van der Waals surface area contributed by atoms with Crippen molar-refractivity contribution in [2.45, 2.75) is 32.7 Å². The number of rotatable bonds is 8. The third-order valence-corrected chi connectivity index (χ3v) is 5.11. The van der Waals surface area contributed by atoms with E-state index in [2.05, 4.69) is 31.4 Å². The molecule has 0 aliphatic heterocycles. The summed E-state index contributed by atoms with van der Waals surface area (Å²) < 4.78 is 13.0. The fourth-order valence-corrected chi connectivity index (χ4v) is 3.43. The maximum absolute atomic E-state index is 5.97. The van der Waals surface area contributed by atoms with Crippen molar-refractivity contribution in [3.63, 3.8) is 0 Å². The number of ether oxygens (including phenoxy) is 2. The Hall–Kier alpha value is -3.16. The fraction of sp³-hybridized carbons (Fsp3) is 0.429. The predicted molar refractivity (Wildman–Crippen MR) is 109 cm³/mol. The van der Waals surface area contributed by atoms with Gasteiger partial charge in [0.15, 0.2) is 0 Å². The van der Waals surface area contributed by atoms with Crippen LogP contribution in [-0.2, 0) is 13.6 Å². The standard InChI is InChI=1S/C21H26N6O2/c1-13-7-16(27(3)26-13)10-23-20-9-21(25-14(2)24-20)29-12-15-8-18(15)19-6-5-17(28-4)11-22-19/h5-7,9,11,15,18H,8,10,12H2,1-4H3,(H,23,24,25). The lowest BCUT2D eigenvalue weighted by molar-refractivity contribution is 0.284. The second-order valence-electron chi connectivity index (χ2n) is 7.43. The minimum Gasteiger partial charge on any atom is -0.495 e. The van der Waals surface area contributed by atoms with Crippen LogP contribution in [0, 0.1) is 19.8 Å². The van der Waals surface area contributed by atoms with Gasteiger partial charge in [-0.25, -0.2) is 4.98 Å². The van der Waals surface area contributed by atoms with Crippen molar-refractivity contribution in [2.24, 2.45) is 13.0 Å². The average molecular weight is 394 g/mol. The topological polar surface area (TPSA) is 87.0 Å². The quantitative estimate of drug-likeness (QED) is 0.628. The second-order valence-corrected chi connectivity index (χ2v) is 7.43. The van der Waals surface area contributed by atoms with Gasteiger partial charge >= 0.3 is 0 Å². The van der Waals surface area contributed by atoms with Gasteiger partial charge in [-0.05, 0) is 38.5 Å². The summed E-state index contributed by atoms with van der Waals surface area (Å²) in [7, 11) is 3.59. The molecule has 0 saturated heterocycles. The molecule has 4 rings (SSSR count). The summed E-state index contributed by atoms with van der Waals surface area (Å²) in [5.74, 6) is 3.69. The average Bonchev–Trinajstić information content (AvgIpc) is 3.41. The van der Waals surface area contributed by atoms with Crippen LogP contribution in [0.25, 0.3) is 0 Å². The molecule has 3 aromatic heterocycles. The van der Waals surface area contributed by atoms with Crippen molar-refractivity contribution in [3.05, 3.63) is 53.4 Å². The van der Waals surface area contributed by atoms with Crippen molar-refractivity contribution >= 4 is 5.82 Å². The summed E-state index contributed by atoms with van der Waals surface area (Å²) in [6.45, 7) is 5.11. The molecule has 1 N–H and O–H groups in total. The van der Waals surface area contributed by atoms with Gasteiger partial charge in [-0.1, -0.05) is 0 Å².